The van der Waals surface area contributed by atoms with Crippen LogP contribution in [0.1, 0.15) is 43.6 Å². The molecule has 1 atom stereocenters. The number of aryl methyl sites for hydroxylation is 2. The van der Waals surface area contributed by atoms with Gasteiger partial charge in [0.2, 0.25) is 5.91 Å². The molecule has 0 saturated heterocycles. The first-order valence-electron chi connectivity index (χ1n) is 7.95. The van der Waals surface area contributed by atoms with Gasteiger partial charge in [0.25, 0.3) is 0 Å². The van der Waals surface area contributed by atoms with Gasteiger partial charge in [0.05, 0.1) is 6.04 Å². The smallest absolute Gasteiger partial charge is 0.307 e. The van der Waals surface area contributed by atoms with E-state index in [1.165, 1.54) is 10.1 Å². The van der Waals surface area contributed by atoms with E-state index >= 15 is 0 Å². The van der Waals surface area contributed by atoms with E-state index in [-0.39, 0.29) is 29.3 Å². The molecular weight excluding hydrogens is 308 g/mol. The molecule has 1 heterocycles. The second-order valence-corrected chi connectivity index (χ2v) is 6.93. The molecule has 124 valence electrons. The van der Waals surface area contributed by atoms with Crippen molar-refractivity contribution < 1.29 is 4.79 Å². The summed E-state index contributed by atoms with van der Waals surface area (Å²) in [6, 6.07) is 8.30. The first-order valence-corrected chi connectivity index (χ1v) is 8.83. The number of aromatic nitrogens is 1. The van der Waals surface area contributed by atoms with Crippen molar-refractivity contribution in [1.29, 1.82) is 0 Å². The van der Waals surface area contributed by atoms with Crippen LogP contribution in [0.4, 0.5) is 0 Å². The molecule has 4 nitrogen and oxygen atoms in total. The Morgan fingerprint density at radius 2 is 1.91 bits per heavy atom. The third-order valence-electron chi connectivity index (χ3n) is 4.01. The van der Waals surface area contributed by atoms with Gasteiger partial charge in [-0.2, -0.15) is 0 Å². The van der Waals surface area contributed by atoms with Crippen molar-refractivity contribution in [3.05, 3.63) is 56.1 Å². The van der Waals surface area contributed by atoms with Gasteiger partial charge in [-0.05, 0) is 30.4 Å². The van der Waals surface area contributed by atoms with E-state index in [0.29, 0.717) is 0 Å². The Balaban J connectivity index is 2.12. The number of benzene rings is 1. The van der Waals surface area contributed by atoms with Crippen LogP contribution < -0.4 is 10.2 Å². The highest BCUT2D eigenvalue weighted by atomic mass is 32.1. The molecule has 1 aromatic heterocycles. The highest BCUT2D eigenvalue weighted by molar-refractivity contribution is 7.07. The van der Waals surface area contributed by atoms with E-state index in [2.05, 4.69) is 50.4 Å². The molecule has 0 aliphatic carbocycles. The molecule has 1 N–H and O–H groups in total. The lowest BCUT2D eigenvalue weighted by molar-refractivity contribution is -0.122. The van der Waals surface area contributed by atoms with Gasteiger partial charge in [-0.25, -0.2) is 0 Å². The molecule has 0 fully saturated rings. The average molecular weight is 332 g/mol. The van der Waals surface area contributed by atoms with E-state index < -0.39 is 0 Å². The number of hydrogen-bond acceptors (Lipinski definition) is 3. The largest absolute Gasteiger partial charge is 0.347 e. The van der Waals surface area contributed by atoms with E-state index in [9.17, 15) is 9.59 Å². The van der Waals surface area contributed by atoms with Crippen LogP contribution in [0.2, 0.25) is 0 Å². The van der Waals surface area contributed by atoms with Crippen molar-refractivity contribution in [2.24, 2.45) is 5.92 Å². The van der Waals surface area contributed by atoms with Crippen molar-refractivity contribution in [1.82, 2.24) is 9.88 Å². The van der Waals surface area contributed by atoms with Gasteiger partial charge in [-0.15, -0.1) is 0 Å². The highest BCUT2D eigenvalue weighted by Crippen LogP contribution is 2.22. The highest BCUT2D eigenvalue weighted by Gasteiger charge is 2.19. The van der Waals surface area contributed by atoms with Gasteiger partial charge < -0.3 is 5.32 Å². The summed E-state index contributed by atoms with van der Waals surface area (Å²) in [5, 5.41) is 4.85. The number of nitrogens with one attached hydrogen (secondary N) is 1. The SMILES string of the molecule is CCc1ccc(C(NC(=O)Cn2c(C)csc2=O)C(C)C)cc1. The van der Waals surface area contributed by atoms with Crippen molar-refractivity contribution in [2.45, 2.75) is 46.7 Å². The molecular formula is C18H24N2O2S. The van der Waals surface area contributed by atoms with Crippen molar-refractivity contribution >= 4 is 17.2 Å². The maximum Gasteiger partial charge on any atom is 0.307 e. The van der Waals surface area contributed by atoms with Crippen LogP contribution in [0.3, 0.4) is 0 Å². The van der Waals surface area contributed by atoms with Gasteiger partial charge in [0.1, 0.15) is 6.54 Å². The molecule has 1 unspecified atom stereocenters. The zero-order valence-corrected chi connectivity index (χ0v) is 14.9. The standard InChI is InChI=1S/C18H24N2O2S/c1-5-14-6-8-15(9-7-14)17(12(2)3)19-16(21)10-20-13(4)11-23-18(20)22/h6-9,11-12,17H,5,10H2,1-4H3,(H,19,21). The summed E-state index contributed by atoms with van der Waals surface area (Å²) in [6.45, 7) is 8.21. The molecule has 0 aliphatic heterocycles. The van der Waals surface area contributed by atoms with Crippen LogP contribution in [0.25, 0.3) is 0 Å². The zero-order valence-electron chi connectivity index (χ0n) is 14.1. The minimum atomic E-state index is -0.133. The van der Waals surface area contributed by atoms with E-state index in [0.717, 1.165) is 29.0 Å². The summed E-state index contributed by atoms with van der Waals surface area (Å²) in [4.78, 5) is 24.0. The maximum atomic E-state index is 12.4. The molecule has 5 heteroatoms. The van der Waals surface area contributed by atoms with Crippen LogP contribution in [-0.4, -0.2) is 10.5 Å². The predicted molar refractivity (Wildman–Crippen MR) is 94.9 cm³/mol. The molecule has 0 radical (unpaired) electrons. The quantitative estimate of drug-likeness (QED) is 0.882. The summed E-state index contributed by atoms with van der Waals surface area (Å²) >= 11 is 1.13. The Bertz CT molecular complexity index is 713. The molecule has 23 heavy (non-hydrogen) atoms. The molecule has 0 aliphatic rings. The molecule has 2 aromatic rings. The number of carbonyl (C=O) groups excluding carboxylic acids is 1. The van der Waals surface area contributed by atoms with Crippen molar-refractivity contribution in [2.75, 3.05) is 0 Å². The van der Waals surface area contributed by atoms with Crippen LogP contribution in [0.15, 0.2) is 34.4 Å². The monoisotopic (exact) mass is 332 g/mol. The molecule has 2 rings (SSSR count). The topological polar surface area (TPSA) is 51.1 Å². The van der Waals surface area contributed by atoms with Gasteiger partial charge in [-0.3, -0.25) is 14.2 Å². The number of carbonyl (C=O) groups is 1. The summed E-state index contributed by atoms with van der Waals surface area (Å²) in [6.07, 6.45) is 0.999. The van der Waals surface area contributed by atoms with Crippen molar-refractivity contribution in [3.8, 4) is 0 Å². The molecule has 0 bridgehead atoms. The van der Waals surface area contributed by atoms with Crippen molar-refractivity contribution in [3.63, 3.8) is 0 Å². The summed E-state index contributed by atoms with van der Waals surface area (Å²) in [5.41, 5.74) is 3.20. The Morgan fingerprint density at radius 3 is 2.39 bits per heavy atom. The first kappa shape index (κ1) is 17.5. The Morgan fingerprint density at radius 1 is 1.26 bits per heavy atom. The Labute approximate surface area is 141 Å². The number of thiazole rings is 1. The second-order valence-electron chi connectivity index (χ2n) is 6.11. The van der Waals surface area contributed by atoms with Crippen LogP contribution in [0.5, 0.6) is 0 Å². The third kappa shape index (κ3) is 4.32. The summed E-state index contributed by atoms with van der Waals surface area (Å²) in [5.74, 6) is 0.138. The summed E-state index contributed by atoms with van der Waals surface area (Å²) in [7, 11) is 0. The van der Waals surface area contributed by atoms with E-state index in [1.807, 2.05) is 6.92 Å². The number of nitrogens with zero attached hydrogens (tertiary/aromatic N) is 1. The van der Waals surface area contributed by atoms with Crippen LogP contribution >= 0.6 is 11.3 Å². The zero-order chi connectivity index (χ0) is 17.0. The first-order chi connectivity index (χ1) is 10.9. The number of hydrogen-bond donors (Lipinski definition) is 1. The minimum absolute atomic E-state index is 0.0527. The normalized spacial score (nSPS) is 12.4. The lowest BCUT2D eigenvalue weighted by atomic mass is 9.95. The van der Waals surface area contributed by atoms with Gasteiger partial charge in [0, 0.05) is 11.1 Å². The van der Waals surface area contributed by atoms with E-state index in [4.69, 9.17) is 0 Å². The lowest BCUT2D eigenvalue weighted by Crippen LogP contribution is -2.36. The Kier molecular flexibility index (Phi) is 5.77. The lowest BCUT2D eigenvalue weighted by Gasteiger charge is -2.23. The molecule has 0 spiro atoms. The molecule has 1 aromatic carbocycles. The average Bonchev–Trinajstić information content (AvgIpc) is 2.84. The number of rotatable bonds is 6. The second kappa shape index (κ2) is 7.59. The molecule has 1 amide bonds. The van der Waals surface area contributed by atoms with Gasteiger partial charge in [0.15, 0.2) is 0 Å². The fraction of sp³-hybridized carbons (Fsp3) is 0.444. The number of amides is 1. The summed E-state index contributed by atoms with van der Waals surface area (Å²) < 4.78 is 1.51. The third-order valence-corrected chi connectivity index (χ3v) is 4.89. The fourth-order valence-electron chi connectivity index (χ4n) is 2.55. The van der Waals surface area contributed by atoms with Crippen LogP contribution in [0, 0.1) is 12.8 Å². The predicted octanol–water partition coefficient (Wildman–Crippen LogP) is 3.29. The molecule has 0 saturated carbocycles. The Hall–Kier alpha value is -1.88. The maximum absolute atomic E-state index is 12.4. The fourth-order valence-corrected chi connectivity index (χ4v) is 3.29. The van der Waals surface area contributed by atoms with E-state index in [1.54, 1.807) is 5.38 Å². The van der Waals surface area contributed by atoms with Gasteiger partial charge in [-0.1, -0.05) is 56.4 Å². The van der Waals surface area contributed by atoms with Gasteiger partial charge >= 0.3 is 4.87 Å². The minimum Gasteiger partial charge on any atom is -0.347 e. The van der Waals surface area contributed by atoms with Crippen LogP contribution in [-0.2, 0) is 17.8 Å².